The summed E-state index contributed by atoms with van der Waals surface area (Å²) in [6.45, 7) is 1.82. The highest BCUT2D eigenvalue weighted by atomic mass is 16.6. The maximum Gasteiger partial charge on any atom is 0.316 e. The molecule has 0 aromatic rings. The van der Waals surface area contributed by atoms with Crippen molar-refractivity contribution in [3.8, 4) is 0 Å². The summed E-state index contributed by atoms with van der Waals surface area (Å²) in [5.41, 5.74) is 0. The molecule has 1 aliphatic carbocycles. The molecule has 1 heterocycles. The third-order valence-electron chi connectivity index (χ3n) is 2.86. The van der Waals surface area contributed by atoms with Crippen molar-refractivity contribution in [2.45, 2.75) is 19.8 Å². The van der Waals surface area contributed by atoms with Crippen LogP contribution in [0.5, 0.6) is 0 Å². The van der Waals surface area contributed by atoms with E-state index in [0.717, 1.165) is 6.42 Å². The van der Waals surface area contributed by atoms with Gasteiger partial charge in [0.25, 0.3) is 0 Å². The van der Waals surface area contributed by atoms with Crippen LogP contribution in [0.1, 0.15) is 19.8 Å². The van der Waals surface area contributed by atoms with Gasteiger partial charge >= 0.3 is 11.9 Å². The zero-order valence-corrected chi connectivity index (χ0v) is 7.53. The Balaban J connectivity index is 2.21. The van der Waals surface area contributed by atoms with Gasteiger partial charge in [0.05, 0.1) is 12.3 Å². The minimum atomic E-state index is -0.383. The second-order valence-electron chi connectivity index (χ2n) is 3.83. The Labute approximate surface area is 76.8 Å². The van der Waals surface area contributed by atoms with Gasteiger partial charge in [0.1, 0.15) is 0 Å². The van der Waals surface area contributed by atoms with Crippen molar-refractivity contribution in [1.82, 2.24) is 0 Å². The van der Waals surface area contributed by atoms with Gasteiger partial charge in [-0.3, -0.25) is 9.59 Å². The first kappa shape index (κ1) is 8.48. The van der Waals surface area contributed by atoms with Crippen molar-refractivity contribution in [3.63, 3.8) is 0 Å². The topological polar surface area (TPSA) is 43.4 Å². The number of ether oxygens (including phenoxy) is 1. The molecule has 0 amide bonds. The molecule has 1 aliphatic heterocycles. The van der Waals surface area contributed by atoms with E-state index >= 15 is 0 Å². The molecule has 3 atom stereocenters. The molecule has 0 saturated carbocycles. The van der Waals surface area contributed by atoms with Crippen LogP contribution in [0.25, 0.3) is 0 Å². The van der Waals surface area contributed by atoms with Crippen LogP contribution in [0.2, 0.25) is 0 Å². The number of rotatable bonds is 0. The molecule has 1 fully saturated rings. The van der Waals surface area contributed by atoms with E-state index < -0.39 is 0 Å². The van der Waals surface area contributed by atoms with Gasteiger partial charge in [-0.05, 0) is 18.3 Å². The molecule has 0 N–H and O–H groups in total. The molecular weight excluding hydrogens is 168 g/mol. The lowest BCUT2D eigenvalue weighted by molar-refractivity contribution is -0.164. The first-order chi connectivity index (χ1) is 6.16. The normalized spacial score (nSPS) is 38.4. The highest BCUT2D eigenvalue weighted by Gasteiger charge is 2.34. The molecule has 2 rings (SSSR count). The van der Waals surface area contributed by atoms with Crippen molar-refractivity contribution in [1.29, 1.82) is 0 Å². The summed E-state index contributed by atoms with van der Waals surface area (Å²) in [4.78, 5) is 22.4. The average molecular weight is 180 g/mol. The Morgan fingerprint density at radius 1 is 1.38 bits per heavy atom. The minimum Gasteiger partial charge on any atom is -0.393 e. The molecule has 13 heavy (non-hydrogen) atoms. The Morgan fingerprint density at radius 2 is 2.15 bits per heavy atom. The zero-order chi connectivity index (χ0) is 9.42. The van der Waals surface area contributed by atoms with Gasteiger partial charge in [0.2, 0.25) is 0 Å². The van der Waals surface area contributed by atoms with Gasteiger partial charge in [-0.15, -0.1) is 0 Å². The highest BCUT2D eigenvalue weighted by molar-refractivity contribution is 5.87. The van der Waals surface area contributed by atoms with Crippen LogP contribution in [0, 0.1) is 17.8 Å². The van der Waals surface area contributed by atoms with E-state index in [-0.39, 0.29) is 29.7 Å². The van der Waals surface area contributed by atoms with Crippen LogP contribution in [-0.4, -0.2) is 11.9 Å². The largest absolute Gasteiger partial charge is 0.393 e. The van der Waals surface area contributed by atoms with Crippen LogP contribution in [-0.2, 0) is 14.3 Å². The average Bonchev–Trinajstić information content (AvgIpc) is 2.50. The second-order valence-corrected chi connectivity index (χ2v) is 3.83. The number of allylic oxidation sites excluding steroid dienone is 2. The fourth-order valence-corrected chi connectivity index (χ4v) is 1.96. The van der Waals surface area contributed by atoms with Crippen LogP contribution in [0.3, 0.4) is 0 Å². The monoisotopic (exact) mass is 180 g/mol. The molecule has 0 aromatic carbocycles. The SMILES string of the molecule is C[C@@H]1C(=O)OC(=O)C[C@H]2C=CC1C2. The van der Waals surface area contributed by atoms with Gasteiger partial charge in [-0.1, -0.05) is 19.1 Å². The summed E-state index contributed by atoms with van der Waals surface area (Å²) >= 11 is 0. The molecule has 1 saturated heterocycles. The van der Waals surface area contributed by atoms with Crippen molar-refractivity contribution < 1.29 is 14.3 Å². The number of fused-ring (bicyclic) bond motifs is 2. The number of carbonyl (C=O) groups is 2. The quantitative estimate of drug-likeness (QED) is 0.320. The maximum atomic E-state index is 11.3. The van der Waals surface area contributed by atoms with Crippen molar-refractivity contribution >= 4 is 11.9 Å². The summed E-state index contributed by atoms with van der Waals surface area (Å²) in [7, 11) is 0. The number of hydrogen-bond donors (Lipinski definition) is 0. The zero-order valence-electron chi connectivity index (χ0n) is 7.53. The first-order valence-corrected chi connectivity index (χ1v) is 4.59. The van der Waals surface area contributed by atoms with E-state index in [1.54, 1.807) is 0 Å². The lowest BCUT2D eigenvalue weighted by Gasteiger charge is -2.20. The Kier molecular flexibility index (Phi) is 1.94. The predicted molar refractivity (Wildman–Crippen MR) is 45.6 cm³/mol. The van der Waals surface area contributed by atoms with Crippen LogP contribution in [0.4, 0.5) is 0 Å². The molecule has 0 aromatic heterocycles. The molecule has 1 unspecified atom stereocenters. The number of carbonyl (C=O) groups excluding carboxylic acids is 2. The molecule has 2 bridgehead atoms. The highest BCUT2D eigenvalue weighted by Crippen LogP contribution is 2.34. The lowest BCUT2D eigenvalue weighted by atomic mass is 9.89. The fraction of sp³-hybridized carbons (Fsp3) is 0.600. The molecule has 0 spiro atoms. The predicted octanol–water partition coefficient (Wildman–Crippen LogP) is 1.29. The molecule has 3 heteroatoms. The summed E-state index contributed by atoms with van der Waals surface area (Å²) < 4.78 is 4.67. The van der Waals surface area contributed by atoms with E-state index in [1.165, 1.54) is 0 Å². The number of hydrogen-bond acceptors (Lipinski definition) is 3. The van der Waals surface area contributed by atoms with Crippen molar-refractivity contribution in [2.75, 3.05) is 0 Å². The van der Waals surface area contributed by atoms with Gasteiger partial charge < -0.3 is 4.74 Å². The Hall–Kier alpha value is -1.12. The molecule has 70 valence electrons. The summed E-state index contributed by atoms with van der Waals surface area (Å²) in [5.74, 6) is -0.379. The Morgan fingerprint density at radius 3 is 2.92 bits per heavy atom. The van der Waals surface area contributed by atoms with Crippen LogP contribution < -0.4 is 0 Å². The minimum absolute atomic E-state index is 0.175. The summed E-state index contributed by atoms with van der Waals surface area (Å²) in [6, 6.07) is 0. The third-order valence-corrected chi connectivity index (χ3v) is 2.86. The van der Waals surface area contributed by atoms with E-state index in [2.05, 4.69) is 4.74 Å². The maximum absolute atomic E-state index is 11.3. The first-order valence-electron chi connectivity index (χ1n) is 4.59. The number of esters is 2. The molecule has 2 aliphatic rings. The van der Waals surface area contributed by atoms with Gasteiger partial charge in [-0.2, -0.15) is 0 Å². The van der Waals surface area contributed by atoms with E-state index in [1.807, 2.05) is 19.1 Å². The van der Waals surface area contributed by atoms with Gasteiger partial charge in [0.15, 0.2) is 0 Å². The van der Waals surface area contributed by atoms with Crippen LogP contribution >= 0.6 is 0 Å². The molecule has 0 radical (unpaired) electrons. The summed E-state index contributed by atoms with van der Waals surface area (Å²) in [6.07, 6.45) is 5.34. The molecular formula is C10H12O3. The second kappa shape index (κ2) is 2.98. The van der Waals surface area contributed by atoms with Crippen LogP contribution in [0.15, 0.2) is 12.2 Å². The lowest BCUT2D eigenvalue weighted by Crippen LogP contribution is -2.27. The van der Waals surface area contributed by atoms with Gasteiger partial charge in [0, 0.05) is 0 Å². The smallest absolute Gasteiger partial charge is 0.316 e. The molecule has 3 nitrogen and oxygen atoms in total. The van der Waals surface area contributed by atoms with E-state index in [4.69, 9.17) is 0 Å². The van der Waals surface area contributed by atoms with E-state index in [9.17, 15) is 9.59 Å². The van der Waals surface area contributed by atoms with Gasteiger partial charge in [-0.25, -0.2) is 0 Å². The number of cyclic esters (lactones) is 2. The van der Waals surface area contributed by atoms with Crippen molar-refractivity contribution in [3.05, 3.63) is 12.2 Å². The third kappa shape index (κ3) is 1.50. The standard InChI is InChI=1S/C10H12O3/c1-6-8-3-2-7(4-8)5-9(11)13-10(6)12/h2-3,6-8H,4-5H2,1H3/t6-,7-,8?/m0/s1. The van der Waals surface area contributed by atoms with E-state index in [0.29, 0.717) is 6.42 Å². The van der Waals surface area contributed by atoms with Crippen molar-refractivity contribution in [2.24, 2.45) is 17.8 Å². The summed E-state index contributed by atoms with van der Waals surface area (Å²) in [5, 5.41) is 0. The fourth-order valence-electron chi connectivity index (χ4n) is 1.96. The Bertz CT molecular complexity index is 280.